The lowest BCUT2D eigenvalue weighted by Crippen LogP contribution is -2.16. The maximum Gasteiger partial charge on any atom is 0.283 e. The third-order valence-electron chi connectivity index (χ3n) is 4.11. The van der Waals surface area contributed by atoms with Crippen LogP contribution < -0.4 is 24.4 Å². The van der Waals surface area contributed by atoms with Gasteiger partial charge in [-0.2, -0.15) is 5.10 Å². The van der Waals surface area contributed by atoms with E-state index in [1.54, 1.807) is 25.3 Å². The minimum absolute atomic E-state index is 0.372. The van der Waals surface area contributed by atoms with Crippen LogP contribution in [0.3, 0.4) is 0 Å². The lowest BCUT2D eigenvalue weighted by Gasteiger charge is -2.12. The first-order chi connectivity index (χ1) is 14.0. The van der Waals surface area contributed by atoms with Crippen molar-refractivity contribution in [3.8, 4) is 23.0 Å². The molecule has 29 heavy (non-hydrogen) atoms. The normalized spacial score (nSPS) is 10.9. The van der Waals surface area contributed by atoms with Crippen LogP contribution in [0, 0.1) is 0 Å². The predicted octanol–water partition coefficient (Wildman–Crippen LogP) is 4.35. The van der Waals surface area contributed by atoms with Crippen molar-refractivity contribution in [1.29, 1.82) is 0 Å². The summed E-state index contributed by atoms with van der Waals surface area (Å²) in [6.07, 6.45) is 1.48. The first kappa shape index (κ1) is 20.8. The Morgan fingerprint density at radius 2 is 1.72 bits per heavy atom. The number of hydrogen-bond donors (Lipinski definition) is 1. The molecular formula is C20H19ClN2O5S. The van der Waals surface area contributed by atoms with Crippen LogP contribution in [0.1, 0.15) is 15.2 Å². The number of methoxy groups -OCH3 is 4. The first-order valence-electron chi connectivity index (χ1n) is 8.41. The Bertz CT molecular complexity index is 1060. The zero-order valence-corrected chi connectivity index (χ0v) is 17.8. The van der Waals surface area contributed by atoms with Gasteiger partial charge in [-0.1, -0.05) is 11.6 Å². The summed E-state index contributed by atoms with van der Waals surface area (Å²) < 4.78 is 22.0. The molecule has 0 aliphatic heterocycles. The zero-order chi connectivity index (χ0) is 21.0. The van der Waals surface area contributed by atoms with Gasteiger partial charge in [0.25, 0.3) is 5.91 Å². The van der Waals surface area contributed by atoms with Crippen LogP contribution in [0.2, 0.25) is 5.02 Å². The van der Waals surface area contributed by atoms with Gasteiger partial charge in [-0.25, -0.2) is 5.43 Å². The molecule has 1 heterocycles. The van der Waals surface area contributed by atoms with Crippen LogP contribution in [0.4, 0.5) is 0 Å². The summed E-state index contributed by atoms with van der Waals surface area (Å²) in [5, 5.41) is 5.19. The monoisotopic (exact) mass is 434 g/mol. The highest BCUT2D eigenvalue weighted by atomic mass is 35.5. The third-order valence-corrected chi connectivity index (χ3v) is 5.77. The largest absolute Gasteiger partial charge is 0.497 e. The van der Waals surface area contributed by atoms with E-state index in [1.165, 1.54) is 38.9 Å². The fourth-order valence-corrected chi connectivity index (χ4v) is 4.15. The van der Waals surface area contributed by atoms with E-state index in [0.717, 1.165) is 10.1 Å². The van der Waals surface area contributed by atoms with Crippen molar-refractivity contribution in [2.24, 2.45) is 5.10 Å². The zero-order valence-electron chi connectivity index (χ0n) is 16.2. The van der Waals surface area contributed by atoms with Gasteiger partial charge < -0.3 is 18.9 Å². The van der Waals surface area contributed by atoms with Crippen molar-refractivity contribution in [2.45, 2.75) is 0 Å². The second-order valence-corrected chi connectivity index (χ2v) is 7.20. The summed E-state index contributed by atoms with van der Waals surface area (Å²) in [5.41, 5.74) is 3.15. The molecule has 0 saturated heterocycles. The van der Waals surface area contributed by atoms with Crippen molar-refractivity contribution in [3.05, 3.63) is 45.8 Å². The molecule has 3 rings (SSSR count). The Hall–Kier alpha value is -2.97. The van der Waals surface area contributed by atoms with Gasteiger partial charge in [0.15, 0.2) is 11.5 Å². The topological polar surface area (TPSA) is 78.4 Å². The number of hydrogen-bond acceptors (Lipinski definition) is 7. The van der Waals surface area contributed by atoms with E-state index < -0.39 is 5.91 Å². The molecule has 0 aliphatic carbocycles. The van der Waals surface area contributed by atoms with Crippen LogP contribution in [-0.4, -0.2) is 40.6 Å². The summed E-state index contributed by atoms with van der Waals surface area (Å²) in [4.78, 5) is 12.9. The second kappa shape index (κ2) is 9.02. The van der Waals surface area contributed by atoms with Gasteiger partial charge in [0.1, 0.15) is 10.6 Å². The van der Waals surface area contributed by atoms with Crippen LogP contribution in [0.5, 0.6) is 23.0 Å². The highest BCUT2D eigenvalue weighted by molar-refractivity contribution is 7.21. The second-order valence-electron chi connectivity index (χ2n) is 5.77. The molecule has 0 spiro atoms. The molecule has 0 aliphatic rings. The number of rotatable bonds is 7. The maximum atomic E-state index is 12.5. The van der Waals surface area contributed by atoms with Gasteiger partial charge in [0.2, 0.25) is 5.75 Å². The average Bonchev–Trinajstić information content (AvgIpc) is 3.08. The van der Waals surface area contributed by atoms with E-state index in [2.05, 4.69) is 10.5 Å². The van der Waals surface area contributed by atoms with Crippen LogP contribution in [-0.2, 0) is 0 Å². The molecule has 0 fully saturated rings. The number of nitrogens with one attached hydrogen (secondary N) is 1. The summed E-state index contributed by atoms with van der Waals surface area (Å²) in [6, 6.07) is 8.89. The van der Waals surface area contributed by atoms with Gasteiger partial charge in [-0.05, 0) is 30.3 Å². The molecule has 0 saturated carbocycles. The fraction of sp³-hybridized carbons (Fsp3) is 0.200. The minimum atomic E-state index is -0.404. The molecule has 1 N–H and O–H groups in total. The number of benzene rings is 2. The number of nitrogens with zero attached hydrogens (tertiary/aromatic N) is 1. The van der Waals surface area contributed by atoms with Crippen molar-refractivity contribution in [1.82, 2.24) is 5.43 Å². The first-order valence-corrected chi connectivity index (χ1v) is 9.61. The molecule has 152 valence electrons. The molecule has 0 radical (unpaired) electrons. The van der Waals surface area contributed by atoms with Crippen molar-refractivity contribution >= 4 is 45.1 Å². The lowest BCUT2D eigenvalue weighted by atomic mass is 10.2. The summed E-state index contributed by atoms with van der Waals surface area (Å²) >= 11 is 7.64. The SMILES string of the molecule is COc1ccc2c(Cl)c(C(=O)N/N=C\c3cc(OC)c(OC)c(OC)c3)sc2c1. The summed E-state index contributed by atoms with van der Waals surface area (Å²) in [6.45, 7) is 0. The number of amides is 1. The van der Waals surface area contributed by atoms with E-state index in [4.69, 9.17) is 30.5 Å². The number of ether oxygens (including phenoxy) is 4. The number of thiophene rings is 1. The molecule has 2 aromatic carbocycles. The predicted molar refractivity (Wildman–Crippen MR) is 115 cm³/mol. The molecule has 1 amide bonds. The Morgan fingerprint density at radius 3 is 2.31 bits per heavy atom. The van der Waals surface area contributed by atoms with Crippen LogP contribution in [0.25, 0.3) is 10.1 Å². The Balaban J connectivity index is 1.81. The molecule has 1 aromatic heterocycles. The van der Waals surface area contributed by atoms with E-state index in [1.807, 2.05) is 12.1 Å². The number of hydrazone groups is 1. The Morgan fingerprint density at radius 1 is 1.03 bits per heavy atom. The lowest BCUT2D eigenvalue weighted by molar-refractivity contribution is 0.0959. The van der Waals surface area contributed by atoms with Gasteiger partial charge in [-0.3, -0.25) is 4.79 Å². The number of carbonyl (C=O) groups is 1. The molecule has 0 atom stereocenters. The van der Waals surface area contributed by atoms with Crippen molar-refractivity contribution < 1.29 is 23.7 Å². The maximum absolute atomic E-state index is 12.5. The van der Waals surface area contributed by atoms with Gasteiger partial charge >= 0.3 is 0 Å². The van der Waals surface area contributed by atoms with E-state index >= 15 is 0 Å². The van der Waals surface area contributed by atoms with E-state index in [9.17, 15) is 4.79 Å². The minimum Gasteiger partial charge on any atom is -0.497 e. The highest BCUT2D eigenvalue weighted by Gasteiger charge is 2.17. The molecule has 0 unspecified atom stereocenters. The number of carbonyl (C=O) groups excluding carboxylic acids is 1. The number of halogens is 1. The molecule has 7 nitrogen and oxygen atoms in total. The summed E-state index contributed by atoms with van der Waals surface area (Å²) in [7, 11) is 6.16. The fourth-order valence-electron chi connectivity index (χ4n) is 2.71. The van der Waals surface area contributed by atoms with Gasteiger partial charge in [0.05, 0.1) is 39.7 Å². The molecule has 9 heteroatoms. The van der Waals surface area contributed by atoms with Crippen LogP contribution >= 0.6 is 22.9 Å². The van der Waals surface area contributed by atoms with Crippen LogP contribution in [0.15, 0.2) is 35.4 Å². The van der Waals surface area contributed by atoms with Crippen molar-refractivity contribution in [3.63, 3.8) is 0 Å². The number of fused-ring (bicyclic) bond motifs is 1. The smallest absolute Gasteiger partial charge is 0.283 e. The van der Waals surface area contributed by atoms with E-state index in [-0.39, 0.29) is 0 Å². The standard InChI is InChI=1S/C20H19ClN2O5S/c1-25-12-5-6-13-16(9-12)29-19(17(13)21)20(24)23-22-10-11-7-14(26-2)18(28-4)15(8-11)27-3/h5-10H,1-4H3,(H,23,24)/b22-10-. The highest BCUT2D eigenvalue weighted by Crippen LogP contribution is 2.38. The quantitative estimate of drug-likeness (QED) is 0.441. The third kappa shape index (κ3) is 4.23. The van der Waals surface area contributed by atoms with Gasteiger partial charge in [-0.15, -0.1) is 11.3 Å². The Kier molecular flexibility index (Phi) is 6.46. The average molecular weight is 435 g/mol. The molecule has 3 aromatic rings. The Labute approximate surface area is 176 Å². The van der Waals surface area contributed by atoms with E-state index in [0.29, 0.717) is 38.5 Å². The molecular weight excluding hydrogens is 416 g/mol. The summed E-state index contributed by atoms with van der Waals surface area (Å²) in [5.74, 6) is 1.74. The molecule has 0 bridgehead atoms. The van der Waals surface area contributed by atoms with Gasteiger partial charge in [0, 0.05) is 15.6 Å². The van der Waals surface area contributed by atoms with Crippen molar-refractivity contribution in [2.75, 3.05) is 28.4 Å².